The lowest BCUT2D eigenvalue weighted by Gasteiger charge is -2.39. The van der Waals surface area contributed by atoms with Gasteiger partial charge in [-0.15, -0.1) is 0 Å². The summed E-state index contributed by atoms with van der Waals surface area (Å²) in [4.78, 5) is 12.3. The fraction of sp³-hybridized carbons (Fsp3) is 0.938. The molecule has 0 radical (unpaired) electrons. The molecule has 2 saturated carbocycles. The standard InChI is InChI=1S/C16H29NO3/c1-3-17-16(15(18)19-4-2)10-5-6-14(12-16)20-11-9-13-7-8-13/h13-14,17H,3-12H2,1-2H3. The normalized spacial score (nSPS) is 30.2. The van der Waals surface area contributed by atoms with E-state index in [-0.39, 0.29) is 12.1 Å². The van der Waals surface area contributed by atoms with Gasteiger partial charge in [-0.25, -0.2) is 0 Å². The summed E-state index contributed by atoms with van der Waals surface area (Å²) in [5.41, 5.74) is -0.521. The number of carbonyl (C=O) groups excluding carboxylic acids is 1. The average Bonchev–Trinajstić information content (AvgIpc) is 3.24. The second kappa shape index (κ2) is 7.41. The summed E-state index contributed by atoms with van der Waals surface area (Å²) in [6.07, 6.45) is 7.84. The van der Waals surface area contributed by atoms with Crippen molar-refractivity contribution < 1.29 is 14.3 Å². The summed E-state index contributed by atoms with van der Waals surface area (Å²) in [5, 5.41) is 3.37. The number of rotatable bonds is 8. The largest absolute Gasteiger partial charge is 0.465 e. The Morgan fingerprint density at radius 2 is 2.10 bits per heavy atom. The number of esters is 1. The van der Waals surface area contributed by atoms with Crippen molar-refractivity contribution in [2.75, 3.05) is 19.8 Å². The number of ether oxygens (including phenoxy) is 2. The number of hydrogen-bond acceptors (Lipinski definition) is 4. The Hall–Kier alpha value is -0.610. The van der Waals surface area contributed by atoms with Crippen LogP contribution in [-0.2, 0) is 14.3 Å². The monoisotopic (exact) mass is 283 g/mol. The molecule has 116 valence electrons. The zero-order chi connectivity index (χ0) is 14.4. The molecule has 2 unspecified atom stereocenters. The van der Waals surface area contributed by atoms with E-state index in [0.29, 0.717) is 6.61 Å². The molecular weight excluding hydrogens is 254 g/mol. The van der Waals surface area contributed by atoms with Gasteiger partial charge in [0, 0.05) is 13.0 Å². The van der Waals surface area contributed by atoms with Crippen LogP contribution in [0.2, 0.25) is 0 Å². The topological polar surface area (TPSA) is 47.6 Å². The van der Waals surface area contributed by atoms with Crippen molar-refractivity contribution in [1.82, 2.24) is 5.32 Å². The molecule has 4 nitrogen and oxygen atoms in total. The van der Waals surface area contributed by atoms with Crippen molar-refractivity contribution in [2.45, 2.75) is 70.4 Å². The molecular formula is C16H29NO3. The second-order valence-electron chi connectivity index (χ2n) is 6.15. The first kappa shape index (κ1) is 15.8. The summed E-state index contributed by atoms with van der Waals surface area (Å²) in [6.45, 7) is 5.98. The van der Waals surface area contributed by atoms with E-state index in [0.717, 1.165) is 44.8 Å². The number of hydrogen-bond donors (Lipinski definition) is 1. The maximum absolute atomic E-state index is 12.3. The van der Waals surface area contributed by atoms with E-state index in [4.69, 9.17) is 9.47 Å². The SMILES string of the molecule is CCNC1(C(=O)OCC)CCCC(OCCC2CC2)C1. The lowest BCUT2D eigenvalue weighted by molar-refractivity contribution is -0.155. The molecule has 2 aliphatic carbocycles. The van der Waals surface area contributed by atoms with Crippen LogP contribution in [0.1, 0.15) is 58.8 Å². The average molecular weight is 283 g/mol. The Morgan fingerprint density at radius 3 is 2.75 bits per heavy atom. The third-order valence-corrected chi connectivity index (χ3v) is 4.46. The quantitative estimate of drug-likeness (QED) is 0.696. The Morgan fingerprint density at radius 1 is 1.30 bits per heavy atom. The lowest BCUT2D eigenvalue weighted by Crippen LogP contribution is -2.56. The Kier molecular flexibility index (Phi) is 5.85. The third-order valence-electron chi connectivity index (χ3n) is 4.46. The zero-order valence-electron chi connectivity index (χ0n) is 13.0. The van der Waals surface area contributed by atoms with E-state index in [1.165, 1.54) is 19.3 Å². The molecule has 20 heavy (non-hydrogen) atoms. The van der Waals surface area contributed by atoms with Crippen LogP contribution in [0, 0.1) is 5.92 Å². The molecule has 2 rings (SSSR count). The van der Waals surface area contributed by atoms with E-state index in [9.17, 15) is 4.79 Å². The summed E-state index contributed by atoms with van der Waals surface area (Å²) in [6, 6.07) is 0. The van der Waals surface area contributed by atoms with Gasteiger partial charge in [-0.2, -0.15) is 0 Å². The first-order chi connectivity index (χ1) is 9.70. The molecule has 2 aliphatic rings. The molecule has 0 aliphatic heterocycles. The minimum Gasteiger partial charge on any atom is -0.465 e. The van der Waals surface area contributed by atoms with Gasteiger partial charge in [0.1, 0.15) is 5.54 Å². The van der Waals surface area contributed by atoms with Crippen molar-refractivity contribution in [3.63, 3.8) is 0 Å². The summed E-state index contributed by atoms with van der Waals surface area (Å²) in [7, 11) is 0. The minimum absolute atomic E-state index is 0.0997. The van der Waals surface area contributed by atoms with Crippen molar-refractivity contribution in [2.24, 2.45) is 5.92 Å². The van der Waals surface area contributed by atoms with Crippen LogP contribution in [0.5, 0.6) is 0 Å². The highest BCUT2D eigenvalue weighted by atomic mass is 16.5. The van der Waals surface area contributed by atoms with E-state index in [1.54, 1.807) is 0 Å². The van der Waals surface area contributed by atoms with Gasteiger partial charge in [0.25, 0.3) is 0 Å². The molecule has 0 bridgehead atoms. The highest BCUT2D eigenvalue weighted by Gasteiger charge is 2.43. The van der Waals surface area contributed by atoms with Gasteiger partial charge in [-0.05, 0) is 45.1 Å². The van der Waals surface area contributed by atoms with Gasteiger partial charge < -0.3 is 14.8 Å². The highest BCUT2D eigenvalue weighted by Crippen LogP contribution is 2.34. The van der Waals surface area contributed by atoms with Gasteiger partial charge in [-0.1, -0.05) is 19.8 Å². The van der Waals surface area contributed by atoms with Gasteiger partial charge in [0.15, 0.2) is 0 Å². The van der Waals surface area contributed by atoms with Gasteiger partial charge in [-0.3, -0.25) is 4.79 Å². The molecule has 0 aromatic carbocycles. The minimum atomic E-state index is -0.521. The van der Waals surface area contributed by atoms with Gasteiger partial charge in [0.05, 0.1) is 12.7 Å². The first-order valence-electron chi connectivity index (χ1n) is 8.24. The molecule has 4 heteroatoms. The summed E-state index contributed by atoms with van der Waals surface area (Å²) < 4.78 is 11.3. The molecule has 0 aromatic heterocycles. The van der Waals surface area contributed by atoms with Crippen molar-refractivity contribution in [3.05, 3.63) is 0 Å². The van der Waals surface area contributed by atoms with Crippen LogP contribution in [0.3, 0.4) is 0 Å². The Bertz CT molecular complexity index is 313. The fourth-order valence-electron chi connectivity index (χ4n) is 3.20. The maximum atomic E-state index is 12.3. The van der Waals surface area contributed by atoms with Gasteiger partial charge in [0.2, 0.25) is 0 Å². The fourth-order valence-corrected chi connectivity index (χ4v) is 3.20. The number of nitrogens with one attached hydrogen (secondary N) is 1. The van der Waals surface area contributed by atoms with Crippen LogP contribution in [0.25, 0.3) is 0 Å². The van der Waals surface area contributed by atoms with Crippen molar-refractivity contribution in [3.8, 4) is 0 Å². The predicted octanol–water partition coefficient (Wildman–Crippen LogP) is 2.66. The molecule has 1 N–H and O–H groups in total. The van der Waals surface area contributed by atoms with Crippen LogP contribution in [0.4, 0.5) is 0 Å². The van der Waals surface area contributed by atoms with E-state index >= 15 is 0 Å². The second-order valence-corrected chi connectivity index (χ2v) is 6.15. The smallest absolute Gasteiger partial charge is 0.326 e. The summed E-state index contributed by atoms with van der Waals surface area (Å²) in [5.74, 6) is 0.805. The van der Waals surface area contributed by atoms with Crippen LogP contribution >= 0.6 is 0 Å². The molecule has 0 heterocycles. The summed E-state index contributed by atoms with van der Waals surface area (Å²) >= 11 is 0. The molecule has 0 spiro atoms. The first-order valence-corrected chi connectivity index (χ1v) is 8.24. The van der Waals surface area contributed by atoms with Crippen LogP contribution in [-0.4, -0.2) is 37.4 Å². The van der Waals surface area contributed by atoms with E-state index in [2.05, 4.69) is 5.32 Å². The predicted molar refractivity (Wildman–Crippen MR) is 78.6 cm³/mol. The molecule has 0 saturated heterocycles. The van der Waals surface area contributed by atoms with E-state index < -0.39 is 5.54 Å². The maximum Gasteiger partial charge on any atom is 0.326 e. The zero-order valence-corrected chi connectivity index (χ0v) is 13.0. The highest BCUT2D eigenvalue weighted by molar-refractivity contribution is 5.81. The number of carbonyl (C=O) groups is 1. The molecule has 2 atom stereocenters. The Labute approximate surface area is 122 Å². The van der Waals surface area contributed by atoms with Crippen LogP contribution in [0.15, 0.2) is 0 Å². The van der Waals surface area contributed by atoms with Gasteiger partial charge >= 0.3 is 5.97 Å². The molecule has 0 amide bonds. The van der Waals surface area contributed by atoms with Crippen LogP contribution < -0.4 is 5.32 Å². The Balaban J connectivity index is 1.87. The molecule has 0 aromatic rings. The third kappa shape index (κ3) is 4.19. The lowest BCUT2D eigenvalue weighted by atomic mass is 9.80. The molecule has 2 fully saturated rings. The van der Waals surface area contributed by atoms with E-state index in [1.807, 2.05) is 13.8 Å². The van der Waals surface area contributed by atoms with Crippen molar-refractivity contribution >= 4 is 5.97 Å². The van der Waals surface area contributed by atoms with Crippen molar-refractivity contribution in [1.29, 1.82) is 0 Å². The number of likely N-dealkylation sites (N-methyl/N-ethyl adjacent to an activating group) is 1.